The minimum absolute atomic E-state index is 0.170. The molecule has 0 spiro atoms. The normalized spacial score (nSPS) is 10.7. The molecule has 0 atom stereocenters. The van der Waals surface area contributed by atoms with Crippen LogP contribution >= 0.6 is 11.3 Å². The maximum absolute atomic E-state index is 12.9. The lowest BCUT2D eigenvalue weighted by molar-refractivity contribution is 0.103. The SMILES string of the molecule is CCn1cc(NC(=O)c2cc(COc3ccc(F)cc3)cs2)c(C)n1. The monoisotopic (exact) mass is 359 g/mol. The van der Waals surface area contributed by atoms with Gasteiger partial charge in [-0.2, -0.15) is 5.10 Å². The van der Waals surface area contributed by atoms with Gasteiger partial charge in [-0.1, -0.05) is 0 Å². The van der Waals surface area contributed by atoms with Gasteiger partial charge in [0, 0.05) is 18.3 Å². The third-order valence-electron chi connectivity index (χ3n) is 3.62. The van der Waals surface area contributed by atoms with Gasteiger partial charge in [-0.3, -0.25) is 9.48 Å². The molecule has 1 amide bonds. The molecule has 0 fully saturated rings. The second-order valence-corrected chi connectivity index (χ2v) is 6.41. The van der Waals surface area contributed by atoms with Crippen molar-refractivity contribution in [2.24, 2.45) is 0 Å². The largest absolute Gasteiger partial charge is 0.489 e. The summed E-state index contributed by atoms with van der Waals surface area (Å²) in [5, 5.41) is 9.06. The van der Waals surface area contributed by atoms with Gasteiger partial charge in [0.15, 0.2) is 0 Å². The Morgan fingerprint density at radius 2 is 2.12 bits per heavy atom. The number of hydrogen-bond acceptors (Lipinski definition) is 4. The molecule has 1 N–H and O–H groups in total. The number of nitrogens with zero attached hydrogens (tertiary/aromatic N) is 2. The molecule has 0 saturated heterocycles. The summed E-state index contributed by atoms with van der Waals surface area (Å²) < 4.78 is 20.2. The summed E-state index contributed by atoms with van der Waals surface area (Å²) in [6.07, 6.45) is 1.82. The van der Waals surface area contributed by atoms with Gasteiger partial charge >= 0.3 is 0 Å². The van der Waals surface area contributed by atoms with Gasteiger partial charge in [-0.05, 0) is 49.6 Å². The lowest BCUT2D eigenvalue weighted by Gasteiger charge is -2.04. The van der Waals surface area contributed by atoms with E-state index in [1.807, 2.05) is 25.4 Å². The molecule has 0 unspecified atom stereocenters. The summed E-state index contributed by atoms with van der Waals surface area (Å²) in [6.45, 7) is 4.92. The first-order chi connectivity index (χ1) is 12.0. The molecule has 1 aromatic carbocycles. The quantitative estimate of drug-likeness (QED) is 0.716. The highest BCUT2D eigenvalue weighted by molar-refractivity contribution is 7.12. The Labute approximate surface area is 149 Å². The van der Waals surface area contributed by atoms with Gasteiger partial charge in [-0.15, -0.1) is 11.3 Å². The number of nitrogens with one attached hydrogen (secondary N) is 1. The fourth-order valence-corrected chi connectivity index (χ4v) is 3.05. The minimum Gasteiger partial charge on any atom is -0.489 e. The van der Waals surface area contributed by atoms with Crippen molar-refractivity contribution in [1.82, 2.24) is 9.78 Å². The number of halogens is 1. The Morgan fingerprint density at radius 1 is 1.36 bits per heavy atom. The maximum Gasteiger partial charge on any atom is 0.265 e. The third kappa shape index (κ3) is 4.24. The summed E-state index contributed by atoms with van der Waals surface area (Å²) in [4.78, 5) is 13.0. The first-order valence-corrected chi connectivity index (χ1v) is 8.74. The molecule has 130 valence electrons. The highest BCUT2D eigenvalue weighted by Crippen LogP contribution is 2.20. The standard InChI is InChI=1S/C18H18FN3O2S/c1-3-22-9-16(12(2)21-22)20-18(23)17-8-13(11-25-17)10-24-15-6-4-14(19)5-7-15/h4-9,11H,3,10H2,1-2H3,(H,20,23). The van der Waals surface area contributed by atoms with Crippen molar-refractivity contribution in [3.05, 3.63) is 63.9 Å². The summed E-state index contributed by atoms with van der Waals surface area (Å²) in [5.74, 6) is 0.113. The summed E-state index contributed by atoms with van der Waals surface area (Å²) >= 11 is 1.35. The Kier molecular flexibility index (Phi) is 5.14. The Morgan fingerprint density at radius 3 is 2.80 bits per heavy atom. The maximum atomic E-state index is 12.9. The zero-order chi connectivity index (χ0) is 17.8. The molecule has 0 aliphatic rings. The van der Waals surface area contributed by atoms with Crippen LogP contribution in [0.25, 0.3) is 0 Å². The van der Waals surface area contributed by atoms with E-state index in [0.717, 1.165) is 17.8 Å². The number of benzene rings is 1. The summed E-state index contributed by atoms with van der Waals surface area (Å²) in [5.41, 5.74) is 2.39. The van der Waals surface area contributed by atoms with E-state index in [4.69, 9.17) is 4.74 Å². The van der Waals surface area contributed by atoms with E-state index in [1.54, 1.807) is 22.9 Å². The van der Waals surface area contributed by atoms with Crippen LogP contribution in [0, 0.1) is 12.7 Å². The average Bonchev–Trinajstić information content (AvgIpc) is 3.21. The number of aromatic nitrogens is 2. The second kappa shape index (κ2) is 7.48. The van der Waals surface area contributed by atoms with E-state index < -0.39 is 0 Å². The van der Waals surface area contributed by atoms with Gasteiger partial charge in [-0.25, -0.2) is 4.39 Å². The molecule has 0 saturated carbocycles. The highest BCUT2D eigenvalue weighted by atomic mass is 32.1. The van der Waals surface area contributed by atoms with E-state index in [1.165, 1.54) is 23.5 Å². The van der Waals surface area contributed by atoms with Gasteiger partial charge < -0.3 is 10.1 Å². The van der Waals surface area contributed by atoms with Gasteiger partial charge in [0.05, 0.1) is 16.3 Å². The van der Waals surface area contributed by atoms with Crippen LogP contribution in [0.15, 0.2) is 41.9 Å². The predicted molar refractivity (Wildman–Crippen MR) is 95.6 cm³/mol. The zero-order valence-electron chi connectivity index (χ0n) is 14.0. The van der Waals surface area contributed by atoms with E-state index >= 15 is 0 Å². The number of amides is 1. The van der Waals surface area contributed by atoms with E-state index in [0.29, 0.717) is 22.9 Å². The smallest absolute Gasteiger partial charge is 0.265 e. The van der Waals surface area contributed by atoms with Crippen LogP contribution in [-0.2, 0) is 13.2 Å². The number of rotatable bonds is 6. The molecule has 0 bridgehead atoms. The number of carbonyl (C=O) groups is 1. The van der Waals surface area contributed by atoms with Crippen LogP contribution in [0.2, 0.25) is 0 Å². The minimum atomic E-state index is -0.302. The number of hydrogen-bond donors (Lipinski definition) is 1. The van der Waals surface area contributed by atoms with Crippen LogP contribution in [0.1, 0.15) is 27.9 Å². The molecule has 3 aromatic rings. The van der Waals surface area contributed by atoms with Crippen molar-refractivity contribution in [1.29, 1.82) is 0 Å². The van der Waals surface area contributed by atoms with E-state index in [9.17, 15) is 9.18 Å². The highest BCUT2D eigenvalue weighted by Gasteiger charge is 2.13. The van der Waals surface area contributed by atoms with E-state index in [-0.39, 0.29) is 11.7 Å². The Balaban J connectivity index is 1.61. The van der Waals surface area contributed by atoms with Gasteiger partial charge in [0.2, 0.25) is 0 Å². The van der Waals surface area contributed by atoms with Crippen molar-refractivity contribution >= 4 is 22.9 Å². The summed E-state index contributed by atoms with van der Waals surface area (Å²) in [6, 6.07) is 7.64. The second-order valence-electron chi connectivity index (χ2n) is 5.50. The molecule has 2 aromatic heterocycles. The fraction of sp³-hybridized carbons (Fsp3) is 0.222. The topological polar surface area (TPSA) is 56.2 Å². The zero-order valence-corrected chi connectivity index (χ0v) is 14.8. The fourth-order valence-electron chi connectivity index (χ4n) is 2.25. The molecule has 3 rings (SSSR count). The van der Waals surface area contributed by atoms with Crippen LogP contribution in [-0.4, -0.2) is 15.7 Å². The molecule has 0 aliphatic heterocycles. The lowest BCUT2D eigenvalue weighted by Crippen LogP contribution is -2.10. The molecule has 2 heterocycles. The summed E-state index contributed by atoms with van der Waals surface area (Å²) in [7, 11) is 0. The molecular formula is C18H18FN3O2S. The lowest BCUT2D eigenvalue weighted by atomic mass is 10.3. The average molecular weight is 359 g/mol. The van der Waals surface area contributed by atoms with Crippen molar-refractivity contribution in [2.45, 2.75) is 27.0 Å². The van der Waals surface area contributed by atoms with Gasteiger partial charge in [0.1, 0.15) is 18.2 Å². The van der Waals surface area contributed by atoms with Crippen LogP contribution in [0.4, 0.5) is 10.1 Å². The van der Waals surface area contributed by atoms with Gasteiger partial charge in [0.25, 0.3) is 5.91 Å². The van der Waals surface area contributed by atoms with Crippen LogP contribution < -0.4 is 10.1 Å². The first-order valence-electron chi connectivity index (χ1n) is 7.86. The molecule has 25 heavy (non-hydrogen) atoms. The number of ether oxygens (including phenoxy) is 1. The van der Waals surface area contributed by atoms with E-state index in [2.05, 4.69) is 10.4 Å². The molecule has 0 aliphatic carbocycles. The molecule has 0 radical (unpaired) electrons. The van der Waals surface area contributed by atoms with Crippen molar-refractivity contribution < 1.29 is 13.9 Å². The molecule has 7 heteroatoms. The van der Waals surface area contributed by atoms with Crippen molar-refractivity contribution in [3.8, 4) is 5.75 Å². The van der Waals surface area contributed by atoms with Crippen LogP contribution in [0.3, 0.4) is 0 Å². The first kappa shape index (κ1) is 17.2. The van der Waals surface area contributed by atoms with Crippen molar-refractivity contribution in [2.75, 3.05) is 5.32 Å². The molecular weight excluding hydrogens is 341 g/mol. The Bertz CT molecular complexity index is 871. The van der Waals surface area contributed by atoms with Crippen LogP contribution in [0.5, 0.6) is 5.75 Å². The number of carbonyl (C=O) groups excluding carboxylic acids is 1. The third-order valence-corrected chi connectivity index (χ3v) is 4.59. The number of thiophene rings is 1. The van der Waals surface area contributed by atoms with Crippen molar-refractivity contribution in [3.63, 3.8) is 0 Å². The molecule has 5 nitrogen and oxygen atoms in total. The predicted octanol–water partition coefficient (Wildman–Crippen LogP) is 4.24. The number of anilines is 1. The number of aryl methyl sites for hydroxylation is 2. The Hall–Kier alpha value is -2.67.